The third kappa shape index (κ3) is 7.68. The van der Waals surface area contributed by atoms with Crippen LogP contribution in [0.4, 0.5) is 0 Å². The van der Waals surface area contributed by atoms with Crippen LogP contribution in [0.3, 0.4) is 0 Å². The van der Waals surface area contributed by atoms with Crippen molar-refractivity contribution in [3.05, 3.63) is 48.5 Å². The van der Waals surface area contributed by atoms with Crippen molar-refractivity contribution in [1.29, 1.82) is 0 Å². The summed E-state index contributed by atoms with van der Waals surface area (Å²) < 4.78 is 24.1. The molecule has 0 spiro atoms. The largest absolute Gasteiger partial charge is 0.481 e. The molecule has 6 nitrogen and oxygen atoms in total. The van der Waals surface area contributed by atoms with E-state index in [0.717, 1.165) is 21.5 Å². The number of fused-ring (bicyclic) bond motifs is 2. The van der Waals surface area contributed by atoms with Gasteiger partial charge in [-0.1, -0.05) is 127 Å². The van der Waals surface area contributed by atoms with E-state index in [9.17, 15) is 9.59 Å². The average molecular weight is 603 g/mol. The second-order valence-corrected chi connectivity index (χ2v) is 13.2. The van der Waals surface area contributed by atoms with Crippen molar-refractivity contribution in [2.24, 2.45) is 23.7 Å². The average Bonchev–Trinajstić information content (AvgIpc) is 3.06. The van der Waals surface area contributed by atoms with Crippen LogP contribution >= 0.6 is 0 Å². The number of ether oxygens (including phenoxy) is 4. The van der Waals surface area contributed by atoms with Gasteiger partial charge in [0.15, 0.2) is 13.2 Å². The fourth-order valence-corrected chi connectivity index (χ4v) is 7.41. The number of esters is 2. The Bertz CT molecular complexity index is 1240. The van der Waals surface area contributed by atoms with E-state index in [1.807, 2.05) is 62.4 Å². The van der Waals surface area contributed by atoms with E-state index in [2.05, 4.69) is 13.8 Å². The molecule has 0 saturated heterocycles. The van der Waals surface area contributed by atoms with Crippen LogP contribution in [0.1, 0.15) is 91.9 Å². The molecule has 4 atom stereocenters. The molecule has 2 aliphatic rings. The van der Waals surface area contributed by atoms with Gasteiger partial charge >= 0.3 is 11.9 Å². The Hall–Kier alpha value is -3.28. The van der Waals surface area contributed by atoms with E-state index < -0.39 is 0 Å². The van der Waals surface area contributed by atoms with Gasteiger partial charge in [0, 0.05) is 21.5 Å². The number of benzene rings is 3. The van der Waals surface area contributed by atoms with Crippen LogP contribution in [0, 0.1) is 23.7 Å². The molecule has 0 radical (unpaired) electrons. The van der Waals surface area contributed by atoms with E-state index in [1.54, 1.807) is 0 Å². The Morgan fingerprint density at radius 2 is 0.886 bits per heavy atom. The van der Waals surface area contributed by atoms with E-state index in [1.165, 1.54) is 64.2 Å². The highest BCUT2D eigenvalue weighted by molar-refractivity contribution is 6.11. The molecule has 2 aliphatic carbocycles. The van der Waals surface area contributed by atoms with E-state index >= 15 is 0 Å². The lowest BCUT2D eigenvalue weighted by molar-refractivity contribution is -0.155. The number of hydrogen-bond acceptors (Lipinski definition) is 6. The lowest BCUT2D eigenvalue weighted by Gasteiger charge is -2.31. The Kier molecular flexibility index (Phi) is 11.1. The predicted molar refractivity (Wildman–Crippen MR) is 175 cm³/mol. The summed E-state index contributed by atoms with van der Waals surface area (Å²) in [5.74, 6) is 2.32. The Morgan fingerprint density at radius 1 is 0.568 bits per heavy atom. The fraction of sp³-hybridized carbons (Fsp3) is 0.579. The third-order valence-corrected chi connectivity index (χ3v) is 10.4. The zero-order valence-corrected chi connectivity index (χ0v) is 27.0. The van der Waals surface area contributed by atoms with Gasteiger partial charge in [0.2, 0.25) is 0 Å². The molecule has 0 amide bonds. The van der Waals surface area contributed by atoms with Crippen molar-refractivity contribution >= 4 is 33.5 Å². The molecule has 2 fully saturated rings. The first-order chi connectivity index (χ1) is 21.3. The second kappa shape index (κ2) is 15.1. The van der Waals surface area contributed by atoms with Gasteiger partial charge in [-0.25, -0.2) is 9.59 Å². The zero-order valence-electron chi connectivity index (χ0n) is 27.0. The summed E-state index contributed by atoms with van der Waals surface area (Å²) in [5.41, 5.74) is 0. The van der Waals surface area contributed by atoms with Crippen LogP contribution in [0.5, 0.6) is 11.5 Å². The van der Waals surface area contributed by atoms with Crippen molar-refractivity contribution in [1.82, 2.24) is 0 Å². The maximum Gasteiger partial charge on any atom is 0.344 e. The van der Waals surface area contributed by atoms with Gasteiger partial charge in [-0.2, -0.15) is 0 Å². The first-order valence-corrected chi connectivity index (χ1v) is 16.9. The lowest BCUT2D eigenvalue weighted by atomic mass is 9.79. The number of carbonyl (C=O) groups excluding carboxylic acids is 2. The molecule has 44 heavy (non-hydrogen) atoms. The summed E-state index contributed by atoms with van der Waals surface area (Å²) in [6, 6.07) is 15.5. The summed E-state index contributed by atoms with van der Waals surface area (Å²) in [4.78, 5) is 25.9. The SMILES string of the molecule is CC(OC(=O)COc1c2ccccc2c(OCC(=O)OC(C)C(C)C2CCCCC2)c2ccccc12)C(C)C1CCCCC1. The Labute approximate surface area is 262 Å². The number of carbonyl (C=O) groups is 2. The summed E-state index contributed by atoms with van der Waals surface area (Å²) in [5, 5.41) is 3.24. The van der Waals surface area contributed by atoms with Crippen molar-refractivity contribution in [2.45, 2.75) is 104 Å². The molecular formula is C38H50O6. The molecule has 0 heterocycles. The van der Waals surface area contributed by atoms with E-state index in [0.29, 0.717) is 35.2 Å². The van der Waals surface area contributed by atoms with Crippen LogP contribution < -0.4 is 9.47 Å². The van der Waals surface area contributed by atoms with Gasteiger partial charge in [0.05, 0.1) is 0 Å². The van der Waals surface area contributed by atoms with Crippen molar-refractivity contribution in [2.75, 3.05) is 13.2 Å². The van der Waals surface area contributed by atoms with Gasteiger partial charge in [0.25, 0.3) is 0 Å². The monoisotopic (exact) mass is 602 g/mol. The highest BCUT2D eigenvalue weighted by Gasteiger charge is 2.28. The molecule has 238 valence electrons. The summed E-state index contributed by atoms with van der Waals surface area (Å²) in [6.45, 7) is 8.02. The van der Waals surface area contributed by atoms with Gasteiger partial charge in [0.1, 0.15) is 23.7 Å². The summed E-state index contributed by atoms with van der Waals surface area (Å²) >= 11 is 0. The quantitative estimate of drug-likeness (QED) is 0.152. The number of hydrogen-bond donors (Lipinski definition) is 0. The second-order valence-electron chi connectivity index (χ2n) is 13.2. The molecule has 3 aromatic carbocycles. The summed E-state index contributed by atoms with van der Waals surface area (Å²) in [6.07, 6.45) is 12.2. The van der Waals surface area contributed by atoms with Crippen LogP contribution in [-0.2, 0) is 19.1 Å². The zero-order chi connectivity index (χ0) is 31.1. The minimum Gasteiger partial charge on any atom is -0.481 e. The van der Waals surface area contributed by atoms with Crippen molar-refractivity contribution in [3.63, 3.8) is 0 Å². The van der Waals surface area contributed by atoms with E-state index in [-0.39, 0.29) is 37.4 Å². The first kappa shape index (κ1) is 32.1. The summed E-state index contributed by atoms with van der Waals surface area (Å²) in [7, 11) is 0. The maximum absolute atomic E-state index is 12.9. The first-order valence-electron chi connectivity index (χ1n) is 16.9. The fourth-order valence-electron chi connectivity index (χ4n) is 7.41. The van der Waals surface area contributed by atoms with Crippen LogP contribution in [-0.4, -0.2) is 37.4 Å². The van der Waals surface area contributed by atoms with Gasteiger partial charge in [-0.3, -0.25) is 0 Å². The molecule has 0 N–H and O–H groups in total. The highest BCUT2D eigenvalue weighted by Crippen LogP contribution is 2.43. The third-order valence-electron chi connectivity index (χ3n) is 10.4. The molecule has 6 heteroatoms. The predicted octanol–water partition coefficient (Wildman–Crippen LogP) is 9.05. The van der Waals surface area contributed by atoms with Crippen molar-refractivity contribution in [3.8, 4) is 11.5 Å². The molecule has 5 rings (SSSR count). The maximum atomic E-state index is 12.9. The molecule has 0 aromatic heterocycles. The minimum absolute atomic E-state index is 0.161. The molecular weight excluding hydrogens is 552 g/mol. The Balaban J connectivity index is 1.27. The van der Waals surface area contributed by atoms with Crippen LogP contribution in [0.2, 0.25) is 0 Å². The topological polar surface area (TPSA) is 71.1 Å². The van der Waals surface area contributed by atoms with E-state index in [4.69, 9.17) is 18.9 Å². The molecule has 4 unspecified atom stereocenters. The molecule has 2 saturated carbocycles. The molecule has 0 aliphatic heterocycles. The minimum atomic E-state index is -0.368. The van der Waals surface area contributed by atoms with Gasteiger partial charge < -0.3 is 18.9 Å². The van der Waals surface area contributed by atoms with Crippen LogP contribution in [0.25, 0.3) is 21.5 Å². The molecule has 0 bridgehead atoms. The lowest BCUT2D eigenvalue weighted by Crippen LogP contribution is -2.31. The molecule has 3 aromatic rings. The van der Waals surface area contributed by atoms with Crippen molar-refractivity contribution < 1.29 is 28.5 Å². The van der Waals surface area contributed by atoms with Gasteiger partial charge in [-0.15, -0.1) is 0 Å². The number of rotatable bonds is 12. The highest BCUT2D eigenvalue weighted by atomic mass is 16.6. The van der Waals surface area contributed by atoms with Gasteiger partial charge in [-0.05, 0) is 37.5 Å². The van der Waals surface area contributed by atoms with Crippen LogP contribution in [0.15, 0.2) is 48.5 Å². The Morgan fingerprint density at radius 3 is 1.20 bits per heavy atom. The normalized spacial score (nSPS) is 19.2. The standard InChI is InChI=1S/C38H50O6/c1-25(29-15-7-5-8-16-29)27(3)43-35(39)23-41-37-31-19-11-13-21-33(31)38(34-22-14-12-20-32(34)37)42-24-36(40)44-28(4)26(2)30-17-9-6-10-18-30/h11-14,19-22,25-30H,5-10,15-18,23-24H2,1-4H3. The smallest absolute Gasteiger partial charge is 0.344 e.